The highest BCUT2D eigenvalue weighted by Crippen LogP contribution is 2.19. The molecule has 0 bridgehead atoms. The van der Waals surface area contributed by atoms with E-state index in [2.05, 4.69) is 63.5 Å². The highest BCUT2D eigenvalue weighted by Gasteiger charge is 2.03. The average molecular weight is 337 g/mol. The molecule has 1 aromatic rings. The van der Waals surface area contributed by atoms with Crippen molar-refractivity contribution < 1.29 is 0 Å². The standard InChI is InChI=1S/C9H11BBrI/c1-10-5-8-7(6-11)3-2-4-9(8)12/h2-4,10H,5-6H2,1H3. The third-order valence-corrected chi connectivity index (χ3v) is 3.47. The van der Waals surface area contributed by atoms with E-state index in [4.69, 9.17) is 0 Å². The van der Waals surface area contributed by atoms with E-state index in [9.17, 15) is 0 Å². The van der Waals surface area contributed by atoms with Crippen LogP contribution in [0.2, 0.25) is 6.82 Å². The maximum Gasteiger partial charge on any atom is 0.122 e. The first kappa shape index (κ1) is 10.6. The van der Waals surface area contributed by atoms with Crippen LogP contribution in [0.15, 0.2) is 18.2 Å². The van der Waals surface area contributed by atoms with Gasteiger partial charge in [-0.2, -0.15) is 0 Å². The molecule has 64 valence electrons. The minimum absolute atomic E-state index is 0.971. The van der Waals surface area contributed by atoms with E-state index in [1.54, 1.807) is 0 Å². The molecule has 0 saturated carbocycles. The lowest BCUT2D eigenvalue weighted by atomic mass is 9.74. The number of rotatable bonds is 3. The Hall–Kier alpha value is 0.495. The van der Waals surface area contributed by atoms with Crippen LogP contribution in [0.1, 0.15) is 11.1 Å². The Kier molecular flexibility index (Phi) is 4.65. The summed E-state index contributed by atoms with van der Waals surface area (Å²) in [6.45, 7) is 2.22. The third kappa shape index (κ3) is 2.49. The van der Waals surface area contributed by atoms with Crippen molar-refractivity contribution in [2.45, 2.75) is 18.5 Å². The first-order chi connectivity index (χ1) is 5.79. The topological polar surface area (TPSA) is 0 Å². The van der Waals surface area contributed by atoms with Gasteiger partial charge in [0.25, 0.3) is 0 Å². The molecule has 0 unspecified atom stereocenters. The molecule has 0 amide bonds. The first-order valence-corrected chi connectivity index (χ1v) is 6.31. The summed E-state index contributed by atoms with van der Waals surface area (Å²) in [5.74, 6) is 0. The first-order valence-electron chi connectivity index (χ1n) is 4.11. The summed E-state index contributed by atoms with van der Waals surface area (Å²) in [4.78, 5) is 0. The normalized spacial score (nSPS) is 9.92. The molecule has 1 aromatic carbocycles. The predicted octanol–water partition coefficient (Wildman–Crippen LogP) is 3.17. The second-order valence-corrected chi connectivity index (χ2v) is 4.48. The Morgan fingerprint density at radius 1 is 1.50 bits per heavy atom. The van der Waals surface area contributed by atoms with Crippen LogP contribution in [0.5, 0.6) is 0 Å². The van der Waals surface area contributed by atoms with Gasteiger partial charge in [0.15, 0.2) is 0 Å². The fourth-order valence-electron chi connectivity index (χ4n) is 1.26. The molecular formula is C9H11BBrI. The van der Waals surface area contributed by atoms with Crippen LogP contribution >= 0.6 is 38.5 Å². The quantitative estimate of drug-likeness (QED) is 0.452. The van der Waals surface area contributed by atoms with Gasteiger partial charge in [-0.05, 0) is 39.8 Å². The predicted molar refractivity (Wildman–Crippen MR) is 68.5 cm³/mol. The molecule has 0 nitrogen and oxygen atoms in total. The zero-order chi connectivity index (χ0) is 8.97. The number of hydrogen-bond donors (Lipinski definition) is 0. The van der Waals surface area contributed by atoms with Crippen LogP contribution in [0.25, 0.3) is 0 Å². The molecular weight excluding hydrogens is 326 g/mol. The molecule has 0 atom stereocenters. The molecule has 0 aromatic heterocycles. The van der Waals surface area contributed by atoms with Gasteiger partial charge in [-0.1, -0.05) is 41.2 Å². The zero-order valence-electron chi connectivity index (χ0n) is 7.11. The highest BCUT2D eigenvalue weighted by molar-refractivity contribution is 14.1. The van der Waals surface area contributed by atoms with Crippen LogP contribution < -0.4 is 0 Å². The van der Waals surface area contributed by atoms with Gasteiger partial charge in [-0.25, -0.2) is 0 Å². The van der Waals surface area contributed by atoms with Crippen molar-refractivity contribution >= 4 is 45.8 Å². The van der Waals surface area contributed by atoms with Crippen molar-refractivity contribution in [3.05, 3.63) is 32.9 Å². The highest BCUT2D eigenvalue weighted by atomic mass is 127. The lowest BCUT2D eigenvalue weighted by Crippen LogP contribution is -1.99. The SMILES string of the molecule is CBCc1c(I)cccc1CBr. The molecule has 0 aliphatic heterocycles. The van der Waals surface area contributed by atoms with E-state index in [0.717, 1.165) is 5.33 Å². The number of alkyl halides is 1. The number of halogens is 2. The van der Waals surface area contributed by atoms with Crippen molar-refractivity contribution in [2.75, 3.05) is 0 Å². The summed E-state index contributed by atoms with van der Waals surface area (Å²) in [5.41, 5.74) is 2.95. The molecule has 0 N–H and O–H groups in total. The fraction of sp³-hybridized carbons (Fsp3) is 0.333. The summed E-state index contributed by atoms with van der Waals surface area (Å²) < 4.78 is 1.39. The van der Waals surface area contributed by atoms with E-state index >= 15 is 0 Å². The molecule has 0 aliphatic rings. The van der Waals surface area contributed by atoms with Gasteiger partial charge < -0.3 is 0 Å². The molecule has 1 rings (SSSR count). The minimum Gasteiger partial charge on any atom is -0.0891 e. The van der Waals surface area contributed by atoms with Gasteiger partial charge in [0.05, 0.1) is 0 Å². The van der Waals surface area contributed by atoms with E-state index in [-0.39, 0.29) is 0 Å². The Bertz CT molecular complexity index is 263. The van der Waals surface area contributed by atoms with Crippen molar-refractivity contribution in [1.82, 2.24) is 0 Å². The average Bonchev–Trinajstić information content (AvgIpc) is 2.09. The summed E-state index contributed by atoms with van der Waals surface area (Å²) in [6, 6.07) is 6.50. The van der Waals surface area contributed by atoms with E-state index in [1.165, 1.54) is 28.3 Å². The van der Waals surface area contributed by atoms with Gasteiger partial charge in [-0.3, -0.25) is 0 Å². The van der Waals surface area contributed by atoms with Gasteiger partial charge in [0.2, 0.25) is 0 Å². The second-order valence-electron chi connectivity index (χ2n) is 2.76. The largest absolute Gasteiger partial charge is 0.122 e. The van der Waals surface area contributed by atoms with Crippen LogP contribution in [-0.4, -0.2) is 7.28 Å². The molecule has 0 radical (unpaired) electrons. The number of benzene rings is 1. The van der Waals surface area contributed by atoms with Gasteiger partial charge in [0, 0.05) is 8.90 Å². The Labute approximate surface area is 96.6 Å². The van der Waals surface area contributed by atoms with E-state index in [1.807, 2.05) is 0 Å². The fourth-order valence-corrected chi connectivity index (χ4v) is 2.61. The molecule has 0 saturated heterocycles. The van der Waals surface area contributed by atoms with Gasteiger partial charge in [-0.15, -0.1) is 0 Å². The zero-order valence-corrected chi connectivity index (χ0v) is 10.9. The van der Waals surface area contributed by atoms with E-state index in [0.29, 0.717) is 0 Å². The number of hydrogen-bond acceptors (Lipinski definition) is 0. The Morgan fingerprint density at radius 3 is 2.83 bits per heavy atom. The Balaban J connectivity index is 3.02. The van der Waals surface area contributed by atoms with Crippen LogP contribution in [0.4, 0.5) is 0 Å². The summed E-state index contributed by atoms with van der Waals surface area (Å²) >= 11 is 5.92. The van der Waals surface area contributed by atoms with Crippen LogP contribution in [-0.2, 0) is 11.7 Å². The van der Waals surface area contributed by atoms with E-state index < -0.39 is 0 Å². The molecule has 0 heterocycles. The molecule has 12 heavy (non-hydrogen) atoms. The maximum atomic E-state index is 3.51. The summed E-state index contributed by atoms with van der Waals surface area (Å²) in [5, 5.41) is 0.971. The van der Waals surface area contributed by atoms with Gasteiger partial charge in [0.1, 0.15) is 7.28 Å². The lowest BCUT2D eigenvalue weighted by molar-refractivity contribution is 1.25. The summed E-state index contributed by atoms with van der Waals surface area (Å²) in [6.07, 6.45) is 1.19. The van der Waals surface area contributed by atoms with Crippen LogP contribution in [0, 0.1) is 3.57 Å². The maximum absolute atomic E-state index is 3.51. The van der Waals surface area contributed by atoms with Crippen molar-refractivity contribution in [3.8, 4) is 0 Å². The van der Waals surface area contributed by atoms with Crippen molar-refractivity contribution in [3.63, 3.8) is 0 Å². The smallest absolute Gasteiger partial charge is 0.0891 e. The third-order valence-electron chi connectivity index (χ3n) is 1.86. The van der Waals surface area contributed by atoms with Crippen molar-refractivity contribution in [2.24, 2.45) is 0 Å². The lowest BCUT2D eigenvalue weighted by Gasteiger charge is -2.07. The van der Waals surface area contributed by atoms with Crippen molar-refractivity contribution in [1.29, 1.82) is 0 Å². The van der Waals surface area contributed by atoms with Gasteiger partial charge >= 0.3 is 0 Å². The Morgan fingerprint density at radius 2 is 2.25 bits per heavy atom. The molecule has 0 fully saturated rings. The molecule has 3 heteroatoms. The van der Waals surface area contributed by atoms with Crippen LogP contribution in [0.3, 0.4) is 0 Å². The second kappa shape index (κ2) is 5.27. The monoisotopic (exact) mass is 336 g/mol. The molecule has 0 aliphatic carbocycles. The molecule has 0 spiro atoms. The summed E-state index contributed by atoms with van der Waals surface area (Å²) in [7, 11) is 1.22. The minimum atomic E-state index is 0.971.